The van der Waals surface area contributed by atoms with E-state index in [1.165, 1.54) is 11.1 Å². The molecule has 5 nitrogen and oxygen atoms in total. The van der Waals surface area contributed by atoms with Crippen LogP contribution < -0.4 is 10.1 Å². The summed E-state index contributed by atoms with van der Waals surface area (Å²) in [5.41, 5.74) is 3.92. The van der Waals surface area contributed by atoms with Crippen LogP contribution in [0.5, 0.6) is 5.88 Å². The third-order valence-electron chi connectivity index (χ3n) is 5.32. The molecule has 2 aliphatic rings. The van der Waals surface area contributed by atoms with E-state index >= 15 is 0 Å². The first-order chi connectivity index (χ1) is 13.2. The lowest BCUT2D eigenvalue weighted by molar-refractivity contribution is 0.188. The molecule has 4 rings (SSSR count). The van der Waals surface area contributed by atoms with Crippen molar-refractivity contribution in [2.75, 3.05) is 25.0 Å². The topological polar surface area (TPSA) is 57.6 Å². The number of ether oxygens (including phenoxy) is 1. The molecule has 0 aliphatic carbocycles. The predicted molar refractivity (Wildman–Crippen MR) is 107 cm³/mol. The monoisotopic (exact) mass is 387 g/mol. The summed E-state index contributed by atoms with van der Waals surface area (Å²) in [5.74, 6) is 1.37. The number of aliphatic hydroxyl groups is 1. The highest BCUT2D eigenvalue weighted by Crippen LogP contribution is 2.25. The molecule has 1 unspecified atom stereocenters. The summed E-state index contributed by atoms with van der Waals surface area (Å²) in [5, 5.41) is 13.5. The van der Waals surface area contributed by atoms with Crippen LogP contribution >= 0.6 is 11.6 Å². The van der Waals surface area contributed by atoms with E-state index in [-0.39, 0.29) is 0 Å². The number of aromatic nitrogens is 1. The van der Waals surface area contributed by atoms with E-state index in [0.29, 0.717) is 12.5 Å². The van der Waals surface area contributed by atoms with Crippen molar-refractivity contribution in [1.29, 1.82) is 0 Å². The minimum absolute atomic E-state index is 0.508. The number of benzene rings is 1. The number of nitrogens with one attached hydrogen (secondary N) is 1. The van der Waals surface area contributed by atoms with Crippen LogP contribution in [0.3, 0.4) is 0 Å². The molecule has 0 saturated heterocycles. The molecular weight excluding hydrogens is 362 g/mol. The van der Waals surface area contributed by atoms with Crippen LogP contribution in [0.1, 0.15) is 36.0 Å². The van der Waals surface area contributed by atoms with Gasteiger partial charge in [0.15, 0.2) is 0 Å². The number of halogens is 1. The number of hydrogen-bond acceptors (Lipinski definition) is 5. The second kappa shape index (κ2) is 8.46. The van der Waals surface area contributed by atoms with Gasteiger partial charge in [0.25, 0.3) is 0 Å². The molecule has 27 heavy (non-hydrogen) atoms. The third kappa shape index (κ3) is 4.72. The van der Waals surface area contributed by atoms with Gasteiger partial charge in [-0.15, -0.1) is 0 Å². The highest BCUT2D eigenvalue weighted by molar-refractivity contribution is 6.30. The molecule has 1 aromatic carbocycles. The van der Waals surface area contributed by atoms with Gasteiger partial charge in [-0.3, -0.25) is 4.90 Å². The molecule has 0 saturated carbocycles. The second-order valence-corrected chi connectivity index (χ2v) is 7.79. The molecule has 2 N–H and O–H groups in total. The SMILES string of the molecule is OC1CCc2ccc(OCCCCN3CCc4cc(Cl)ccc4C3)nc2N1. The number of nitrogens with zero attached hydrogens (tertiary/aromatic N) is 2. The summed E-state index contributed by atoms with van der Waals surface area (Å²) >= 11 is 6.08. The number of aryl methyl sites for hydroxylation is 1. The van der Waals surface area contributed by atoms with Crippen LogP contribution in [-0.2, 0) is 19.4 Å². The van der Waals surface area contributed by atoms with Crippen LogP contribution in [0.15, 0.2) is 30.3 Å². The van der Waals surface area contributed by atoms with Crippen LogP contribution in [0.25, 0.3) is 0 Å². The molecule has 0 amide bonds. The molecule has 0 radical (unpaired) electrons. The number of hydrogen-bond donors (Lipinski definition) is 2. The Labute approximate surface area is 165 Å². The summed E-state index contributed by atoms with van der Waals surface area (Å²) in [4.78, 5) is 6.97. The van der Waals surface area contributed by atoms with Crippen LogP contribution in [0, 0.1) is 0 Å². The average molecular weight is 388 g/mol. The van der Waals surface area contributed by atoms with E-state index in [0.717, 1.165) is 68.1 Å². The van der Waals surface area contributed by atoms with Crippen molar-refractivity contribution < 1.29 is 9.84 Å². The van der Waals surface area contributed by atoms with Gasteiger partial charge in [0.2, 0.25) is 5.88 Å². The van der Waals surface area contributed by atoms with E-state index in [9.17, 15) is 5.11 Å². The zero-order chi connectivity index (χ0) is 18.6. The summed E-state index contributed by atoms with van der Waals surface area (Å²) in [6.45, 7) is 3.84. The number of anilines is 1. The van der Waals surface area contributed by atoms with Crippen LogP contribution in [0.4, 0.5) is 5.82 Å². The highest BCUT2D eigenvalue weighted by atomic mass is 35.5. The molecule has 0 bridgehead atoms. The van der Waals surface area contributed by atoms with Gasteiger partial charge in [0.05, 0.1) is 6.61 Å². The standard InChI is InChI=1S/C21H26ClN3O2/c22-18-6-3-17-14-25(11-9-16(17)13-18)10-1-2-12-27-20-8-5-15-4-7-19(26)23-21(15)24-20/h3,5-6,8,13,19,26H,1-2,4,7,9-12,14H2,(H,23,24). The molecule has 144 valence electrons. The van der Waals surface area contributed by atoms with Crippen LogP contribution in [-0.4, -0.2) is 40.9 Å². The molecule has 6 heteroatoms. The average Bonchev–Trinajstić information content (AvgIpc) is 2.67. The number of unbranched alkanes of at least 4 members (excludes halogenated alkanes) is 1. The molecular formula is C21H26ClN3O2. The lowest BCUT2D eigenvalue weighted by Gasteiger charge is -2.28. The predicted octanol–water partition coefficient (Wildman–Crippen LogP) is 3.63. The lowest BCUT2D eigenvalue weighted by Crippen LogP contribution is -2.31. The molecule has 1 atom stereocenters. The minimum Gasteiger partial charge on any atom is -0.478 e. The van der Waals surface area contributed by atoms with Crippen molar-refractivity contribution in [2.45, 2.75) is 44.9 Å². The fourth-order valence-electron chi connectivity index (χ4n) is 3.78. The number of pyridine rings is 1. The Bertz CT molecular complexity index is 799. The summed E-state index contributed by atoms with van der Waals surface area (Å²) in [7, 11) is 0. The molecule has 2 aromatic rings. The lowest BCUT2D eigenvalue weighted by atomic mass is 10.00. The van der Waals surface area contributed by atoms with E-state index in [4.69, 9.17) is 16.3 Å². The van der Waals surface area contributed by atoms with Gasteiger partial charge in [-0.1, -0.05) is 17.7 Å². The zero-order valence-electron chi connectivity index (χ0n) is 15.5. The molecule has 2 aliphatic heterocycles. The van der Waals surface area contributed by atoms with Crippen molar-refractivity contribution >= 4 is 17.4 Å². The Hall–Kier alpha value is -1.82. The molecule has 3 heterocycles. The maximum Gasteiger partial charge on any atom is 0.215 e. The fourth-order valence-corrected chi connectivity index (χ4v) is 3.98. The highest BCUT2D eigenvalue weighted by Gasteiger charge is 2.17. The van der Waals surface area contributed by atoms with Crippen LogP contribution in [0.2, 0.25) is 5.02 Å². The first-order valence-corrected chi connectivity index (χ1v) is 10.1. The van der Waals surface area contributed by atoms with Gasteiger partial charge in [-0.2, -0.15) is 4.98 Å². The molecule has 0 fully saturated rings. The Morgan fingerprint density at radius 2 is 2.04 bits per heavy atom. The van der Waals surface area contributed by atoms with Gasteiger partial charge in [0.1, 0.15) is 12.0 Å². The minimum atomic E-state index is -0.508. The third-order valence-corrected chi connectivity index (χ3v) is 5.56. The second-order valence-electron chi connectivity index (χ2n) is 7.35. The Kier molecular flexibility index (Phi) is 5.81. The van der Waals surface area contributed by atoms with Gasteiger partial charge in [-0.25, -0.2) is 0 Å². The Morgan fingerprint density at radius 1 is 1.15 bits per heavy atom. The van der Waals surface area contributed by atoms with Crippen molar-refractivity contribution in [3.8, 4) is 5.88 Å². The normalized spacial score (nSPS) is 19.1. The smallest absolute Gasteiger partial charge is 0.215 e. The first-order valence-electron chi connectivity index (χ1n) is 9.74. The van der Waals surface area contributed by atoms with Gasteiger partial charge in [0, 0.05) is 24.2 Å². The van der Waals surface area contributed by atoms with E-state index < -0.39 is 6.23 Å². The summed E-state index contributed by atoms with van der Waals surface area (Å²) in [6.07, 6.45) is 4.24. The maximum atomic E-state index is 9.69. The van der Waals surface area contributed by atoms with Crippen molar-refractivity contribution in [1.82, 2.24) is 9.88 Å². The van der Waals surface area contributed by atoms with E-state index in [2.05, 4.69) is 27.3 Å². The van der Waals surface area contributed by atoms with Gasteiger partial charge < -0.3 is 15.2 Å². The maximum absolute atomic E-state index is 9.69. The fraction of sp³-hybridized carbons (Fsp3) is 0.476. The van der Waals surface area contributed by atoms with Crippen molar-refractivity contribution in [3.05, 3.63) is 52.0 Å². The number of aliphatic hydroxyl groups excluding tert-OH is 1. The first kappa shape index (κ1) is 18.5. The van der Waals surface area contributed by atoms with Gasteiger partial charge >= 0.3 is 0 Å². The van der Waals surface area contributed by atoms with Crippen molar-refractivity contribution in [2.24, 2.45) is 0 Å². The quantitative estimate of drug-likeness (QED) is 0.741. The van der Waals surface area contributed by atoms with E-state index in [1.807, 2.05) is 18.2 Å². The summed E-state index contributed by atoms with van der Waals surface area (Å²) in [6, 6.07) is 10.2. The number of fused-ring (bicyclic) bond motifs is 2. The zero-order valence-corrected chi connectivity index (χ0v) is 16.2. The molecule has 0 spiro atoms. The summed E-state index contributed by atoms with van der Waals surface area (Å²) < 4.78 is 5.80. The Morgan fingerprint density at radius 3 is 2.96 bits per heavy atom. The molecule has 1 aromatic heterocycles. The largest absolute Gasteiger partial charge is 0.478 e. The number of rotatable bonds is 6. The van der Waals surface area contributed by atoms with E-state index in [1.54, 1.807) is 0 Å². The van der Waals surface area contributed by atoms with Crippen molar-refractivity contribution in [3.63, 3.8) is 0 Å². The van der Waals surface area contributed by atoms with Gasteiger partial charge in [-0.05, 0) is 73.5 Å². The Balaban J connectivity index is 1.19.